The van der Waals surface area contributed by atoms with E-state index in [0.717, 1.165) is 31.4 Å². The van der Waals surface area contributed by atoms with Gasteiger partial charge in [-0.25, -0.2) is 9.78 Å². The molecule has 0 spiro atoms. The van der Waals surface area contributed by atoms with Crippen molar-refractivity contribution in [3.05, 3.63) is 11.1 Å². The summed E-state index contributed by atoms with van der Waals surface area (Å²) in [6.07, 6.45) is 3.77. The molecule has 1 aromatic heterocycles. The van der Waals surface area contributed by atoms with Crippen molar-refractivity contribution in [3.63, 3.8) is 0 Å². The van der Waals surface area contributed by atoms with Crippen molar-refractivity contribution in [2.24, 2.45) is 5.92 Å². The highest BCUT2D eigenvalue weighted by Gasteiger charge is 2.22. The number of aromatic nitrogens is 1. The van der Waals surface area contributed by atoms with E-state index in [2.05, 4.69) is 17.2 Å². The molecule has 0 unspecified atom stereocenters. The van der Waals surface area contributed by atoms with Crippen molar-refractivity contribution < 1.29 is 9.90 Å². The number of aliphatic hydroxyl groups is 1. The molecule has 1 saturated heterocycles. The van der Waals surface area contributed by atoms with E-state index in [0.29, 0.717) is 24.1 Å². The van der Waals surface area contributed by atoms with E-state index < -0.39 is 0 Å². The van der Waals surface area contributed by atoms with Crippen LogP contribution < -0.4 is 5.32 Å². The molecule has 0 bridgehead atoms. The van der Waals surface area contributed by atoms with Gasteiger partial charge in [-0.05, 0) is 25.2 Å². The molecule has 1 aromatic rings. The fourth-order valence-corrected chi connectivity index (χ4v) is 2.96. The average molecular weight is 283 g/mol. The molecule has 0 atom stereocenters. The molecule has 1 aliphatic rings. The summed E-state index contributed by atoms with van der Waals surface area (Å²) in [6, 6.07) is -0.0752. The molecule has 0 radical (unpaired) electrons. The summed E-state index contributed by atoms with van der Waals surface area (Å²) < 4.78 is 0. The number of anilines is 1. The highest BCUT2D eigenvalue weighted by Crippen LogP contribution is 2.20. The molecular formula is C13H21N3O2S. The Kier molecular flexibility index (Phi) is 5.15. The van der Waals surface area contributed by atoms with Gasteiger partial charge in [-0.15, -0.1) is 11.3 Å². The minimum Gasteiger partial charge on any atom is -0.396 e. The summed E-state index contributed by atoms with van der Waals surface area (Å²) in [6.45, 7) is 3.76. The molecule has 2 rings (SSSR count). The molecule has 1 fully saturated rings. The number of thiazole rings is 1. The van der Waals surface area contributed by atoms with E-state index in [1.807, 2.05) is 5.38 Å². The number of hydrogen-bond donors (Lipinski definition) is 2. The fourth-order valence-electron chi connectivity index (χ4n) is 2.22. The number of hydrogen-bond acceptors (Lipinski definition) is 4. The maximum Gasteiger partial charge on any atom is 0.323 e. The highest BCUT2D eigenvalue weighted by molar-refractivity contribution is 7.13. The zero-order valence-corrected chi connectivity index (χ0v) is 12.1. The summed E-state index contributed by atoms with van der Waals surface area (Å²) in [5.41, 5.74) is 1.04. The molecular weight excluding hydrogens is 262 g/mol. The van der Waals surface area contributed by atoms with Crippen LogP contribution in [-0.4, -0.2) is 40.7 Å². The first-order valence-electron chi connectivity index (χ1n) is 6.84. The van der Waals surface area contributed by atoms with E-state index >= 15 is 0 Å². The van der Waals surface area contributed by atoms with Gasteiger partial charge in [0.1, 0.15) is 0 Å². The number of rotatable bonds is 4. The van der Waals surface area contributed by atoms with Crippen LogP contribution in [0.15, 0.2) is 5.38 Å². The first-order chi connectivity index (χ1) is 9.22. The van der Waals surface area contributed by atoms with Gasteiger partial charge < -0.3 is 10.0 Å². The maximum atomic E-state index is 12.0. The first kappa shape index (κ1) is 14.3. The molecule has 0 saturated carbocycles. The Hall–Kier alpha value is -1.14. The number of urea groups is 1. The van der Waals surface area contributed by atoms with Crippen molar-refractivity contribution >= 4 is 22.5 Å². The van der Waals surface area contributed by atoms with Crippen molar-refractivity contribution in [1.29, 1.82) is 0 Å². The van der Waals surface area contributed by atoms with Crippen LogP contribution in [0.2, 0.25) is 0 Å². The molecule has 106 valence electrons. The summed E-state index contributed by atoms with van der Waals surface area (Å²) in [4.78, 5) is 18.2. The van der Waals surface area contributed by atoms with Crippen LogP contribution in [0, 0.1) is 5.92 Å². The van der Waals surface area contributed by atoms with Gasteiger partial charge in [-0.2, -0.15) is 0 Å². The second-order valence-corrected chi connectivity index (χ2v) is 5.80. The van der Waals surface area contributed by atoms with Gasteiger partial charge in [0, 0.05) is 25.1 Å². The standard InChI is InChI=1S/C13H21N3O2S/c1-2-3-11-9-19-12(14-11)15-13(18)16-6-4-10(8-17)5-7-16/h9-10,17H,2-8H2,1H3,(H,14,15,18). The van der Waals surface area contributed by atoms with Gasteiger partial charge in [-0.3, -0.25) is 5.32 Å². The number of carbonyl (C=O) groups excluding carboxylic acids is 1. The SMILES string of the molecule is CCCc1csc(NC(=O)N2CCC(CO)CC2)n1. The van der Waals surface area contributed by atoms with E-state index in [1.165, 1.54) is 11.3 Å². The zero-order valence-electron chi connectivity index (χ0n) is 11.3. The van der Waals surface area contributed by atoms with Gasteiger partial charge in [0.25, 0.3) is 0 Å². The molecule has 6 heteroatoms. The third kappa shape index (κ3) is 3.91. The van der Waals surface area contributed by atoms with Crippen LogP contribution in [0.3, 0.4) is 0 Å². The summed E-state index contributed by atoms with van der Waals surface area (Å²) in [5.74, 6) is 0.347. The van der Waals surface area contributed by atoms with Gasteiger partial charge in [-0.1, -0.05) is 13.3 Å². The lowest BCUT2D eigenvalue weighted by atomic mass is 9.98. The van der Waals surface area contributed by atoms with E-state index in [-0.39, 0.29) is 12.6 Å². The van der Waals surface area contributed by atoms with Crippen LogP contribution in [-0.2, 0) is 6.42 Å². The van der Waals surface area contributed by atoms with Gasteiger partial charge in [0.15, 0.2) is 5.13 Å². The smallest absolute Gasteiger partial charge is 0.323 e. The Morgan fingerprint density at radius 3 is 2.95 bits per heavy atom. The van der Waals surface area contributed by atoms with Crippen LogP contribution >= 0.6 is 11.3 Å². The lowest BCUT2D eigenvalue weighted by Crippen LogP contribution is -2.41. The topological polar surface area (TPSA) is 65.5 Å². The molecule has 19 heavy (non-hydrogen) atoms. The highest BCUT2D eigenvalue weighted by atomic mass is 32.1. The summed E-state index contributed by atoms with van der Waals surface area (Å²) >= 11 is 1.48. The number of carbonyl (C=O) groups is 1. The summed E-state index contributed by atoms with van der Waals surface area (Å²) in [5, 5.41) is 14.6. The number of aryl methyl sites for hydroxylation is 1. The summed E-state index contributed by atoms with van der Waals surface area (Å²) in [7, 11) is 0. The fraction of sp³-hybridized carbons (Fsp3) is 0.692. The van der Waals surface area contributed by atoms with Crippen LogP contribution in [0.1, 0.15) is 31.9 Å². The second-order valence-electron chi connectivity index (χ2n) is 4.94. The Labute approximate surface area is 117 Å². The quantitative estimate of drug-likeness (QED) is 0.891. The average Bonchev–Trinajstić information content (AvgIpc) is 2.86. The van der Waals surface area contributed by atoms with E-state index in [1.54, 1.807) is 4.90 Å². The normalized spacial score (nSPS) is 16.6. The predicted octanol–water partition coefficient (Wildman–Crippen LogP) is 2.33. The van der Waals surface area contributed by atoms with E-state index in [9.17, 15) is 4.79 Å². The first-order valence-corrected chi connectivity index (χ1v) is 7.72. The second kappa shape index (κ2) is 6.86. The Morgan fingerprint density at radius 1 is 1.58 bits per heavy atom. The monoisotopic (exact) mass is 283 g/mol. The van der Waals surface area contributed by atoms with Gasteiger partial charge >= 0.3 is 6.03 Å². The number of nitrogens with one attached hydrogen (secondary N) is 1. The van der Waals surface area contributed by atoms with Crippen molar-refractivity contribution in [2.75, 3.05) is 25.0 Å². The van der Waals surface area contributed by atoms with Crippen LogP contribution in [0.5, 0.6) is 0 Å². The Morgan fingerprint density at radius 2 is 2.32 bits per heavy atom. The van der Waals surface area contributed by atoms with Crippen LogP contribution in [0.25, 0.3) is 0 Å². The van der Waals surface area contributed by atoms with Crippen molar-refractivity contribution in [1.82, 2.24) is 9.88 Å². The number of piperidine rings is 1. The lowest BCUT2D eigenvalue weighted by Gasteiger charge is -2.30. The van der Waals surface area contributed by atoms with Crippen molar-refractivity contribution in [3.8, 4) is 0 Å². The number of amides is 2. The molecule has 0 aromatic carbocycles. The minimum absolute atomic E-state index is 0.0752. The molecule has 2 heterocycles. The third-order valence-corrected chi connectivity index (χ3v) is 4.24. The van der Waals surface area contributed by atoms with Gasteiger partial charge in [0.2, 0.25) is 0 Å². The molecule has 5 nitrogen and oxygen atoms in total. The third-order valence-electron chi connectivity index (χ3n) is 3.43. The maximum absolute atomic E-state index is 12.0. The molecule has 0 aliphatic carbocycles. The Bertz CT molecular complexity index is 414. The number of nitrogens with zero attached hydrogens (tertiary/aromatic N) is 2. The van der Waals surface area contributed by atoms with Crippen molar-refractivity contribution in [2.45, 2.75) is 32.6 Å². The number of aliphatic hydroxyl groups excluding tert-OH is 1. The molecule has 2 amide bonds. The minimum atomic E-state index is -0.0752. The lowest BCUT2D eigenvalue weighted by molar-refractivity contribution is 0.143. The van der Waals surface area contributed by atoms with Crippen LogP contribution in [0.4, 0.5) is 9.93 Å². The number of likely N-dealkylation sites (tertiary alicyclic amines) is 1. The predicted molar refractivity (Wildman–Crippen MR) is 76.5 cm³/mol. The zero-order chi connectivity index (χ0) is 13.7. The molecule has 1 aliphatic heterocycles. The molecule has 2 N–H and O–H groups in total. The Balaban J connectivity index is 1.83. The largest absolute Gasteiger partial charge is 0.396 e. The van der Waals surface area contributed by atoms with E-state index in [4.69, 9.17) is 5.11 Å². The van der Waals surface area contributed by atoms with Gasteiger partial charge in [0.05, 0.1) is 5.69 Å².